The number of benzene rings is 4. The van der Waals surface area contributed by atoms with E-state index in [-0.39, 0.29) is 0 Å². The summed E-state index contributed by atoms with van der Waals surface area (Å²) in [6.45, 7) is 0.453. The summed E-state index contributed by atoms with van der Waals surface area (Å²) in [5.41, 5.74) is 4.92. The van der Waals surface area contributed by atoms with Crippen LogP contribution in [0.15, 0.2) is 103 Å². The fourth-order valence-electron chi connectivity index (χ4n) is 3.98. The van der Waals surface area contributed by atoms with Gasteiger partial charge in [0.2, 0.25) is 0 Å². The lowest BCUT2D eigenvalue weighted by Crippen LogP contribution is -2.40. The number of hydrogen-bond donors (Lipinski definition) is 1. The molecule has 0 fully saturated rings. The third-order valence-corrected chi connectivity index (χ3v) is 6.01. The molecule has 0 amide bonds. The van der Waals surface area contributed by atoms with Crippen LogP contribution in [0.5, 0.6) is 11.5 Å². The van der Waals surface area contributed by atoms with Gasteiger partial charge in [-0.15, -0.1) is 0 Å². The van der Waals surface area contributed by atoms with Crippen molar-refractivity contribution in [2.45, 2.75) is 19.1 Å². The van der Waals surface area contributed by atoms with Crippen LogP contribution >= 0.6 is 0 Å². The summed E-state index contributed by atoms with van der Waals surface area (Å²) in [6.07, 6.45) is 0.427. The van der Waals surface area contributed by atoms with Gasteiger partial charge in [0.15, 0.2) is 0 Å². The third-order valence-electron chi connectivity index (χ3n) is 6.01. The van der Waals surface area contributed by atoms with Gasteiger partial charge >= 0.3 is 5.97 Å². The van der Waals surface area contributed by atoms with Crippen molar-refractivity contribution in [3.8, 4) is 22.6 Å². The van der Waals surface area contributed by atoms with Crippen LogP contribution in [0.1, 0.15) is 11.1 Å². The Morgan fingerprint density at radius 1 is 0.800 bits per heavy atom. The maximum Gasteiger partial charge on any atom is 0.326 e. The number of carboxylic acids is 1. The molecule has 0 saturated carbocycles. The Kier molecular flexibility index (Phi) is 7.68. The molecule has 0 unspecified atom stereocenters. The first-order chi connectivity index (χ1) is 17.0. The zero-order valence-corrected chi connectivity index (χ0v) is 19.9. The van der Waals surface area contributed by atoms with Crippen molar-refractivity contribution in [3.63, 3.8) is 0 Å². The predicted octanol–water partition coefficient (Wildman–Crippen LogP) is 6.07. The molecule has 178 valence electrons. The molecular weight excluding hydrogens is 438 g/mol. The van der Waals surface area contributed by atoms with Gasteiger partial charge < -0.3 is 19.5 Å². The average Bonchev–Trinajstić information content (AvgIpc) is 2.91. The van der Waals surface area contributed by atoms with Crippen molar-refractivity contribution in [1.82, 2.24) is 0 Å². The van der Waals surface area contributed by atoms with E-state index >= 15 is 0 Å². The molecule has 0 saturated heterocycles. The summed E-state index contributed by atoms with van der Waals surface area (Å²) in [6, 6.07) is 32.7. The highest BCUT2D eigenvalue weighted by Crippen LogP contribution is 2.28. The van der Waals surface area contributed by atoms with Crippen LogP contribution in [0.25, 0.3) is 11.1 Å². The molecule has 4 rings (SSSR count). The van der Waals surface area contributed by atoms with Crippen LogP contribution in [-0.4, -0.2) is 31.3 Å². The molecule has 5 nitrogen and oxygen atoms in total. The molecule has 0 bridgehead atoms. The smallest absolute Gasteiger partial charge is 0.326 e. The Labute approximate surface area is 206 Å². The van der Waals surface area contributed by atoms with Crippen LogP contribution < -0.4 is 14.4 Å². The van der Waals surface area contributed by atoms with E-state index in [4.69, 9.17) is 9.47 Å². The largest absolute Gasteiger partial charge is 0.497 e. The molecule has 0 heterocycles. The van der Waals surface area contributed by atoms with E-state index < -0.39 is 12.0 Å². The van der Waals surface area contributed by atoms with Crippen molar-refractivity contribution in [2.24, 2.45) is 0 Å². The molecule has 0 aliphatic rings. The molecule has 0 aliphatic heterocycles. The summed E-state index contributed by atoms with van der Waals surface area (Å²) >= 11 is 0. The summed E-state index contributed by atoms with van der Waals surface area (Å²) < 4.78 is 11.2. The highest BCUT2D eigenvalue weighted by molar-refractivity contribution is 5.79. The summed E-state index contributed by atoms with van der Waals surface area (Å²) in [5.74, 6) is 0.734. The number of methoxy groups -OCH3 is 1. The van der Waals surface area contributed by atoms with Crippen LogP contribution in [0.4, 0.5) is 5.69 Å². The minimum absolute atomic E-state index is 0.427. The number of ether oxygens (including phenoxy) is 2. The van der Waals surface area contributed by atoms with Gasteiger partial charge in [-0.25, -0.2) is 4.79 Å². The zero-order chi connectivity index (χ0) is 24.6. The second kappa shape index (κ2) is 11.3. The lowest BCUT2D eigenvalue weighted by molar-refractivity contribution is -0.138. The Morgan fingerprint density at radius 3 is 2.23 bits per heavy atom. The molecule has 0 radical (unpaired) electrons. The number of nitrogens with zero attached hydrogens (tertiary/aromatic N) is 1. The highest BCUT2D eigenvalue weighted by Gasteiger charge is 2.23. The number of aliphatic carboxylic acids is 1. The number of likely N-dealkylation sites (N-methyl/N-ethyl adjacent to an activating group) is 1. The Morgan fingerprint density at radius 2 is 1.51 bits per heavy atom. The van der Waals surface area contributed by atoms with E-state index in [2.05, 4.69) is 0 Å². The van der Waals surface area contributed by atoms with Gasteiger partial charge in [0.25, 0.3) is 0 Å². The average molecular weight is 468 g/mol. The first-order valence-electron chi connectivity index (χ1n) is 11.5. The zero-order valence-electron chi connectivity index (χ0n) is 19.9. The number of carbonyl (C=O) groups is 1. The fraction of sp³-hybridized carbons (Fsp3) is 0.167. The van der Waals surface area contributed by atoms with E-state index in [0.717, 1.165) is 39.4 Å². The molecular formula is C30H29NO4. The van der Waals surface area contributed by atoms with Gasteiger partial charge in [0, 0.05) is 19.2 Å². The molecule has 5 heteroatoms. The normalized spacial score (nSPS) is 11.5. The van der Waals surface area contributed by atoms with E-state index in [1.807, 2.05) is 115 Å². The van der Waals surface area contributed by atoms with E-state index in [1.165, 1.54) is 0 Å². The topological polar surface area (TPSA) is 59.0 Å². The van der Waals surface area contributed by atoms with Crippen molar-refractivity contribution in [3.05, 3.63) is 114 Å². The number of hydrogen-bond acceptors (Lipinski definition) is 4. The maximum absolute atomic E-state index is 12.0. The van der Waals surface area contributed by atoms with Gasteiger partial charge in [-0.2, -0.15) is 0 Å². The number of rotatable bonds is 10. The molecule has 1 atom stereocenters. The molecule has 4 aromatic carbocycles. The van der Waals surface area contributed by atoms with E-state index in [1.54, 1.807) is 7.11 Å². The van der Waals surface area contributed by atoms with E-state index in [0.29, 0.717) is 13.0 Å². The molecule has 0 spiro atoms. The monoisotopic (exact) mass is 467 g/mol. The van der Waals surface area contributed by atoms with Crippen LogP contribution in [-0.2, 0) is 17.8 Å². The molecule has 0 aliphatic carbocycles. The van der Waals surface area contributed by atoms with E-state index in [9.17, 15) is 9.90 Å². The van der Waals surface area contributed by atoms with Crippen molar-refractivity contribution >= 4 is 11.7 Å². The first kappa shape index (κ1) is 23.9. The van der Waals surface area contributed by atoms with Crippen molar-refractivity contribution in [1.29, 1.82) is 0 Å². The Hall–Kier alpha value is -4.25. The third kappa shape index (κ3) is 6.21. The summed E-state index contributed by atoms with van der Waals surface area (Å²) in [4.78, 5) is 13.9. The molecule has 0 aromatic heterocycles. The minimum Gasteiger partial charge on any atom is -0.497 e. The molecule has 35 heavy (non-hydrogen) atoms. The fourth-order valence-corrected chi connectivity index (χ4v) is 3.98. The highest BCUT2D eigenvalue weighted by atomic mass is 16.5. The molecule has 4 aromatic rings. The van der Waals surface area contributed by atoms with Crippen LogP contribution in [0.2, 0.25) is 0 Å². The van der Waals surface area contributed by atoms with Gasteiger partial charge in [-0.3, -0.25) is 0 Å². The lowest BCUT2D eigenvalue weighted by Gasteiger charge is -2.27. The van der Waals surface area contributed by atoms with Crippen molar-refractivity contribution < 1.29 is 19.4 Å². The van der Waals surface area contributed by atoms with Gasteiger partial charge in [-0.05, 0) is 58.7 Å². The van der Waals surface area contributed by atoms with Gasteiger partial charge in [0.05, 0.1) is 7.11 Å². The second-order valence-electron chi connectivity index (χ2n) is 8.37. The second-order valence-corrected chi connectivity index (χ2v) is 8.37. The standard InChI is InChI=1S/C30H29NO4/c1-31(29(30(32)33)19-22-8-4-3-5-9-22)26-12-7-11-25(20-26)24-14-16-27(17-15-24)35-21-23-10-6-13-28(18-23)34-2/h3-18,20,29H,19,21H2,1-2H3,(H,32,33)/t29-/m0/s1. The van der Waals surface area contributed by atoms with Gasteiger partial charge in [0.1, 0.15) is 24.1 Å². The number of anilines is 1. The van der Waals surface area contributed by atoms with Gasteiger partial charge in [-0.1, -0.05) is 66.7 Å². The minimum atomic E-state index is -0.848. The van der Waals surface area contributed by atoms with Crippen LogP contribution in [0.3, 0.4) is 0 Å². The van der Waals surface area contributed by atoms with Crippen LogP contribution in [0, 0.1) is 0 Å². The van der Waals surface area contributed by atoms with Crippen molar-refractivity contribution in [2.75, 3.05) is 19.1 Å². The summed E-state index contributed by atoms with van der Waals surface area (Å²) in [5, 5.41) is 9.88. The Balaban J connectivity index is 1.46. The maximum atomic E-state index is 12.0. The SMILES string of the molecule is COc1cccc(COc2ccc(-c3cccc(N(C)[C@@H](Cc4ccccc4)C(=O)O)c3)cc2)c1. The first-order valence-corrected chi connectivity index (χ1v) is 11.5. The number of carboxylic acid groups (broad SMARTS) is 1. The predicted molar refractivity (Wildman–Crippen MR) is 139 cm³/mol. The summed E-state index contributed by atoms with van der Waals surface area (Å²) in [7, 11) is 3.48. The molecule has 1 N–H and O–H groups in total. The lowest BCUT2D eigenvalue weighted by atomic mass is 10.0. The quantitative estimate of drug-likeness (QED) is 0.307. The Bertz CT molecular complexity index is 1250.